The van der Waals surface area contributed by atoms with Crippen molar-refractivity contribution in [2.24, 2.45) is 0 Å². The number of carboxylic acid groups (broad SMARTS) is 1. The molecule has 1 aromatic carbocycles. The van der Waals surface area contributed by atoms with E-state index in [1.165, 1.54) is 23.0 Å². The highest BCUT2D eigenvalue weighted by atomic mass is 16.6. The van der Waals surface area contributed by atoms with Gasteiger partial charge in [-0.2, -0.15) is 0 Å². The highest BCUT2D eigenvalue weighted by Gasteiger charge is 2.08. The number of benzene rings is 1. The van der Waals surface area contributed by atoms with Crippen LogP contribution in [0.4, 0.5) is 5.69 Å². The maximum absolute atomic E-state index is 10.6. The van der Waals surface area contributed by atoms with Crippen molar-refractivity contribution in [1.29, 1.82) is 0 Å². The van der Waals surface area contributed by atoms with Crippen LogP contribution in [0, 0.1) is 10.1 Å². The van der Waals surface area contributed by atoms with E-state index in [-0.39, 0.29) is 11.4 Å². The van der Waals surface area contributed by atoms with Gasteiger partial charge in [-0.1, -0.05) is 17.3 Å². The summed E-state index contributed by atoms with van der Waals surface area (Å²) in [5, 5.41) is 29.6. The molecule has 21 heavy (non-hydrogen) atoms. The van der Waals surface area contributed by atoms with Crippen LogP contribution in [-0.2, 0) is 13.1 Å². The van der Waals surface area contributed by atoms with Crippen LogP contribution in [0.15, 0.2) is 30.5 Å². The molecule has 1 heterocycles. The Balaban J connectivity index is 1.80. The third kappa shape index (κ3) is 4.08. The Morgan fingerprint density at radius 3 is 2.95 bits per heavy atom. The molecule has 2 aromatic rings. The van der Waals surface area contributed by atoms with Gasteiger partial charge in [-0.05, 0) is 5.56 Å². The van der Waals surface area contributed by atoms with Crippen molar-refractivity contribution in [2.75, 3.05) is 6.54 Å². The van der Waals surface area contributed by atoms with Gasteiger partial charge in [0.05, 0.1) is 17.7 Å². The van der Waals surface area contributed by atoms with Gasteiger partial charge in [0.1, 0.15) is 0 Å². The van der Waals surface area contributed by atoms with Crippen LogP contribution in [0.2, 0.25) is 0 Å². The fourth-order valence-electron chi connectivity index (χ4n) is 1.71. The molecule has 0 saturated carbocycles. The molecule has 0 radical (unpaired) electrons. The standard InChI is InChI=1S/C12H13N5O4/c18-12(19)11-8-16(15-14-11)5-4-13-7-9-2-1-3-10(6-9)17(20)21/h1-3,6,8,13H,4-5,7H2,(H,18,19). The summed E-state index contributed by atoms with van der Waals surface area (Å²) in [5.41, 5.74) is 0.749. The van der Waals surface area contributed by atoms with E-state index in [0.29, 0.717) is 19.6 Å². The van der Waals surface area contributed by atoms with Gasteiger partial charge in [0, 0.05) is 25.2 Å². The van der Waals surface area contributed by atoms with Crippen molar-refractivity contribution >= 4 is 11.7 Å². The minimum atomic E-state index is -1.12. The van der Waals surface area contributed by atoms with E-state index in [2.05, 4.69) is 15.6 Å². The number of nitro benzene ring substituents is 1. The second-order valence-electron chi connectivity index (χ2n) is 4.28. The lowest BCUT2D eigenvalue weighted by Crippen LogP contribution is -2.19. The molecule has 0 atom stereocenters. The summed E-state index contributed by atoms with van der Waals surface area (Å²) in [7, 11) is 0. The van der Waals surface area contributed by atoms with Gasteiger partial charge in [0.2, 0.25) is 0 Å². The lowest BCUT2D eigenvalue weighted by atomic mass is 10.2. The number of hydrogen-bond donors (Lipinski definition) is 2. The number of nitro groups is 1. The molecule has 0 unspecified atom stereocenters. The van der Waals surface area contributed by atoms with Crippen molar-refractivity contribution < 1.29 is 14.8 Å². The monoisotopic (exact) mass is 291 g/mol. The molecule has 0 bridgehead atoms. The van der Waals surface area contributed by atoms with Crippen molar-refractivity contribution in [1.82, 2.24) is 20.3 Å². The first-order valence-corrected chi connectivity index (χ1v) is 6.14. The van der Waals surface area contributed by atoms with Crippen molar-refractivity contribution in [2.45, 2.75) is 13.1 Å². The highest BCUT2D eigenvalue weighted by molar-refractivity contribution is 5.84. The fourth-order valence-corrected chi connectivity index (χ4v) is 1.71. The number of nitrogens with one attached hydrogen (secondary N) is 1. The molecule has 0 aliphatic carbocycles. The topological polar surface area (TPSA) is 123 Å². The van der Waals surface area contributed by atoms with Crippen LogP contribution in [0.3, 0.4) is 0 Å². The van der Waals surface area contributed by atoms with Gasteiger partial charge in [-0.3, -0.25) is 14.8 Å². The number of carboxylic acids is 1. The second-order valence-corrected chi connectivity index (χ2v) is 4.28. The molecular formula is C12H13N5O4. The number of non-ortho nitro benzene ring substituents is 1. The largest absolute Gasteiger partial charge is 0.476 e. The molecule has 0 saturated heterocycles. The summed E-state index contributed by atoms with van der Waals surface area (Å²) >= 11 is 0. The first-order valence-electron chi connectivity index (χ1n) is 6.14. The normalized spacial score (nSPS) is 10.5. The third-order valence-corrected chi connectivity index (χ3v) is 2.73. The zero-order chi connectivity index (χ0) is 15.2. The average molecular weight is 291 g/mol. The van der Waals surface area contributed by atoms with Gasteiger partial charge < -0.3 is 10.4 Å². The Morgan fingerprint density at radius 1 is 1.48 bits per heavy atom. The van der Waals surface area contributed by atoms with E-state index < -0.39 is 10.9 Å². The smallest absolute Gasteiger partial charge is 0.358 e. The first kappa shape index (κ1) is 14.6. The Morgan fingerprint density at radius 2 is 2.29 bits per heavy atom. The summed E-state index contributed by atoms with van der Waals surface area (Å²) in [6.45, 7) is 1.46. The molecule has 0 aliphatic rings. The predicted molar refractivity (Wildman–Crippen MR) is 71.8 cm³/mol. The molecule has 9 nitrogen and oxygen atoms in total. The zero-order valence-corrected chi connectivity index (χ0v) is 11.0. The van der Waals surface area contributed by atoms with E-state index >= 15 is 0 Å². The molecule has 9 heteroatoms. The molecule has 0 fully saturated rings. The Hall–Kier alpha value is -2.81. The Labute approximate surface area is 119 Å². The summed E-state index contributed by atoms with van der Waals surface area (Å²) in [4.78, 5) is 20.8. The molecule has 1 aromatic heterocycles. The quantitative estimate of drug-likeness (QED) is 0.436. The van der Waals surface area contributed by atoms with E-state index in [1.807, 2.05) is 0 Å². The number of hydrogen-bond acceptors (Lipinski definition) is 6. The highest BCUT2D eigenvalue weighted by Crippen LogP contribution is 2.12. The third-order valence-electron chi connectivity index (χ3n) is 2.73. The summed E-state index contributed by atoms with van der Waals surface area (Å²) in [6.07, 6.45) is 1.34. The van der Waals surface area contributed by atoms with Crippen LogP contribution in [-0.4, -0.2) is 37.5 Å². The number of aromatic nitrogens is 3. The maximum Gasteiger partial charge on any atom is 0.358 e. The van der Waals surface area contributed by atoms with E-state index in [9.17, 15) is 14.9 Å². The molecular weight excluding hydrogens is 278 g/mol. The predicted octanol–water partition coefficient (Wildman–Crippen LogP) is 0.674. The lowest BCUT2D eigenvalue weighted by molar-refractivity contribution is -0.384. The number of rotatable bonds is 7. The van der Waals surface area contributed by atoms with Crippen LogP contribution in [0.1, 0.15) is 16.1 Å². The van der Waals surface area contributed by atoms with E-state index in [4.69, 9.17) is 5.11 Å². The Bertz CT molecular complexity index is 655. The van der Waals surface area contributed by atoms with Crippen molar-refractivity contribution in [3.63, 3.8) is 0 Å². The minimum absolute atomic E-state index is 0.0525. The van der Waals surface area contributed by atoms with Gasteiger partial charge in [-0.15, -0.1) is 5.10 Å². The number of aromatic carboxylic acids is 1. The zero-order valence-electron chi connectivity index (χ0n) is 11.0. The average Bonchev–Trinajstić information content (AvgIpc) is 2.93. The fraction of sp³-hybridized carbons (Fsp3) is 0.250. The van der Waals surface area contributed by atoms with Crippen molar-refractivity contribution in [3.05, 3.63) is 51.8 Å². The van der Waals surface area contributed by atoms with Gasteiger partial charge in [0.15, 0.2) is 5.69 Å². The number of nitrogens with zero attached hydrogens (tertiary/aromatic N) is 4. The molecule has 2 rings (SSSR count). The summed E-state index contributed by atoms with van der Waals surface area (Å²) < 4.78 is 1.42. The van der Waals surface area contributed by atoms with Crippen LogP contribution in [0.25, 0.3) is 0 Å². The maximum atomic E-state index is 10.6. The summed E-state index contributed by atoms with van der Waals surface area (Å²) in [5.74, 6) is -1.12. The van der Waals surface area contributed by atoms with E-state index in [0.717, 1.165) is 5.56 Å². The van der Waals surface area contributed by atoms with Crippen LogP contribution >= 0.6 is 0 Å². The van der Waals surface area contributed by atoms with Crippen LogP contribution in [0.5, 0.6) is 0 Å². The minimum Gasteiger partial charge on any atom is -0.476 e. The van der Waals surface area contributed by atoms with E-state index in [1.54, 1.807) is 12.1 Å². The molecule has 0 spiro atoms. The van der Waals surface area contributed by atoms with Crippen molar-refractivity contribution in [3.8, 4) is 0 Å². The number of carbonyl (C=O) groups is 1. The molecule has 110 valence electrons. The van der Waals surface area contributed by atoms with Crippen LogP contribution < -0.4 is 5.32 Å². The van der Waals surface area contributed by atoms with Gasteiger partial charge in [-0.25, -0.2) is 4.79 Å². The second kappa shape index (κ2) is 6.57. The molecule has 0 aliphatic heterocycles. The SMILES string of the molecule is O=C(O)c1cn(CCNCc2cccc([N+](=O)[O-])c2)nn1. The Kier molecular flexibility index (Phi) is 4.57. The van der Waals surface area contributed by atoms with Gasteiger partial charge in [0.25, 0.3) is 5.69 Å². The molecule has 2 N–H and O–H groups in total. The first-order chi connectivity index (χ1) is 10.1. The summed E-state index contributed by atoms with van der Waals surface area (Å²) in [6, 6.07) is 6.36. The lowest BCUT2D eigenvalue weighted by Gasteiger charge is -2.04. The van der Waals surface area contributed by atoms with Gasteiger partial charge >= 0.3 is 5.97 Å². The molecule has 0 amide bonds.